The number of rotatable bonds is 8. The second-order valence-electron chi connectivity index (χ2n) is 7.15. The van der Waals surface area contributed by atoms with E-state index in [2.05, 4.69) is 0 Å². The molecule has 0 saturated carbocycles. The number of amides is 1. The first kappa shape index (κ1) is 21.6. The highest BCUT2D eigenvalue weighted by atomic mass is 16.5. The lowest BCUT2D eigenvalue weighted by atomic mass is 9.92. The van der Waals surface area contributed by atoms with Crippen LogP contribution in [-0.4, -0.2) is 48.6 Å². The Labute approximate surface area is 176 Å². The van der Waals surface area contributed by atoms with Crippen molar-refractivity contribution in [1.29, 1.82) is 0 Å². The number of carbonyl (C=O) groups excluding carboxylic acids is 2. The maximum absolute atomic E-state index is 13.0. The molecule has 1 saturated heterocycles. The number of hydrogen-bond donors (Lipinski definition) is 1. The number of aliphatic hydroxyl groups excluding tert-OH is 1. The predicted octanol–water partition coefficient (Wildman–Crippen LogP) is 3.85. The first-order chi connectivity index (χ1) is 14.5. The highest BCUT2D eigenvalue weighted by Crippen LogP contribution is 2.40. The average Bonchev–Trinajstić information content (AvgIpc) is 2.99. The van der Waals surface area contributed by atoms with Crippen molar-refractivity contribution in [2.24, 2.45) is 0 Å². The molecular formula is C24H27NO5. The van der Waals surface area contributed by atoms with Crippen molar-refractivity contribution in [2.75, 3.05) is 26.9 Å². The molecule has 1 heterocycles. The molecule has 1 aliphatic rings. The van der Waals surface area contributed by atoms with Crippen molar-refractivity contribution in [2.45, 2.75) is 26.3 Å². The van der Waals surface area contributed by atoms with Crippen LogP contribution in [0.25, 0.3) is 5.76 Å². The van der Waals surface area contributed by atoms with E-state index in [-0.39, 0.29) is 11.3 Å². The van der Waals surface area contributed by atoms with E-state index in [1.807, 2.05) is 38.1 Å². The lowest BCUT2D eigenvalue weighted by Crippen LogP contribution is -2.31. The molecule has 158 valence electrons. The highest BCUT2D eigenvalue weighted by Gasteiger charge is 2.46. The summed E-state index contributed by atoms with van der Waals surface area (Å²) in [5, 5.41) is 11.1. The zero-order valence-electron chi connectivity index (χ0n) is 17.6. The van der Waals surface area contributed by atoms with Crippen LogP contribution < -0.4 is 4.74 Å². The quantitative estimate of drug-likeness (QED) is 0.310. The topological polar surface area (TPSA) is 76.1 Å². The van der Waals surface area contributed by atoms with E-state index in [0.717, 1.165) is 11.1 Å². The number of likely N-dealkylation sites (tertiary alicyclic amines) is 1. The minimum atomic E-state index is -0.674. The maximum Gasteiger partial charge on any atom is 0.295 e. The summed E-state index contributed by atoms with van der Waals surface area (Å²) in [6.07, 6.45) is 0.592. The number of aryl methyl sites for hydroxylation is 1. The minimum Gasteiger partial charge on any atom is -0.507 e. The fourth-order valence-electron chi connectivity index (χ4n) is 3.74. The molecule has 0 aliphatic carbocycles. The van der Waals surface area contributed by atoms with Crippen LogP contribution in [0.1, 0.15) is 36.1 Å². The van der Waals surface area contributed by atoms with Gasteiger partial charge in [-0.05, 0) is 55.7 Å². The molecular weight excluding hydrogens is 382 g/mol. The third-order valence-corrected chi connectivity index (χ3v) is 5.21. The summed E-state index contributed by atoms with van der Waals surface area (Å²) in [6, 6.07) is 13.8. The molecule has 0 spiro atoms. The summed E-state index contributed by atoms with van der Waals surface area (Å²) in [5.74, 6) is -0.790. The van der Waals surface area contributed by atoms with Gasteiger partial charge in [0.05, 0.1) is 18.2 Å². The van der Waals surface area contributed by atoms with Crippen molar-refractivity contribution in [3.8, 4) is 5.75 Å². The number of aliphatic hydroxyl groups is 1. The Balaban J connectivity index is 2.09. The van der Waals surface area contributed by atoms with Crippen LogP contribution in [0.5, 0.6) is 5.75 Å². The Morgan fingerprint density at radius 2 is 1.80 bits per heavy atom. The molecule has 0 bridgehead atoms. The number of ether oxygens (including phenoxy) is 2. The summed E-state index contributed by atoms with van der Waals surface area (Å²) in [4.78, 5) is 27.3. The number of hydrogen-bond acceptors (Lipinski definition) is 5. The molecule has 6 nitrogen and oxygen atoms in total. The largest absolute Gasteiger partial charge is 0.507 e. The Hall–Kier alpha value is -3.12. The van der Waals surface area contributed by atoms with E-state index in [1.165, 1.54) is 4.90 Å². The molecule has 2 aromatic rings. The normalized spacial score (nSPS) is 18.1. The fourth-order valence-corrected chi connectivity index (χ4v) is 3.74. The van der Waals surface area contributed by atoms with Crippen LogP contribution in [0.3, 0.4) is 0 Å². The van der Waals surface area contributed by atoms with E-state index in [4.69, 9.17) is 9.47 Å². The molecule has 6 heteroatoms. The zero-order chi connectivity index (χ0) is 21.7. The lowest BCUT2D eigenvalue weighted by molar-refractivity contribution is -0.140. The summed E-state index contributed by atoms with van der Waals surface area (Å²) >= 11 is 0. The van der Waals surface area contributed by atoms with Gasteiger partial charge in [-0.15, -0.1) is 0 Å². The first-order valence-corrected chi connectivity index (χ1v) is 10.1. The predicted molar refractivity (Wildman–Crippen MR) is 114 cm³/mol. The number of Topliss-reactive ketones (excluding diaryl/α,β-unsaturated/α-hetero) is 1. The Morgan fingerprint density at radius 1 is 1.10 bits per heavy atom. The number of ketones is 1. The van der Waals surface area contributed by atoms with Crippen LogP contribution in [0.4, 0.5) is 0 Å². The van der Waals surface area contributed by atoms with Crippen LogP contribution in [0.2, 0.25) is 0 Å². The lowest BCUT2D eigenvalue weighted by Gasteiger charge is -2.26. The van der Waals surface area contributed by atoms with E-state index in [1.54, 1.807) is 31.4 Å². The molecule has 1 amide bonds. The van der Waals surface area contributed by atoms with Crippen LogP contribution >= 0.6 is 0 Å². The molecule has 2 aromatic carbocycles. The average molecular weight is 409 g/mol. The summed E-state index contributed by atoms with van der Waals surface area (Å²) in [7, 11) is 1.60. The molecule has 1 aliphatic heterocycles. The van der Waals surface area contributed by atoms with E-state index in [9.17, 15) is 14.7 Å². The van der Waals surface area contributed by atoms with Crippen molar-refractivity contribution < 1.29 is 24.2 Å². The second kappa shape index (κ2) is 9.59. The number of carbonyl (C=O) groups is 2. The van der Waals surface area contributed by atoms with Gasteiger partial charge in [0.1, 0.15) is 11.5 Å². The first-order valence-electron chi connectivity index (χ1n) is 10.1. The fraction of sp³-hybridized carbons (Fsp3) is 0.333. The molecule has 0 aromatic heterocycles. The maximum atomic E-state index is 13.0. The number of nitrogens with zero attached hydrogens (tertiary/aromatic N) is 1. The van der Waals surface area contributed by atoms with Crippen LogP contribution in [-0.2, 0) is 14.3 Å². The van der Waals surface area contributed by atoms with Gasteiger partial charge in [-0.2, -0.15) is 0 Å². The van der Waals surface area contributed by atoms with Gasteiger partial charge in [-0.1, -0.05) is 24.3 Å². The van der Waals surface area contributed by atoms with Crippen molar-refractivity contribution in [3.63, 3.8) is 0 Å². The highest BCUT2D eigenvalue weighted by molar-refractivity contribution is 6.46. The summed E-state index contributed by atoms with van der Waals surface area (Å²) < 4.78 is 10.6. The molecule has 3 rings (SSSR count). The Morgan fingerprint density at radius 3 is 2.43 bits per heavy atom. The van der Waals surface area contributed by atoms with Gasteiger partial charge in [-0.3, -0.25) is 9.59 Å². The van der Waals surface area contributed by atoms with Crippen molar-refractivity contribution in [3.05, 3.63) is 70.8 Å². The Bertz CT molecular complexity index is 948. The Kier molecular flexibility index (Phi) is 6.90. The SMILES string of the molecule is CCOc1ccc(/C(O)=C2/C(=O)C(=O)N(CCCOC)C2c2ccccc2C)cc1. The molecule has 0 radical (unpaired) electrons. The molecule has 1 N–H and O–H groups in total. The molecule has 1 unspecified atom stereocenters. The van der Waals surface area contributed by atoms with Gasteiger partial charge in [0.25, 0.3) is 11.7 Å². The van der Waals surface area contributed by atoms with Gasteiger partial charge in [0.15, 0.2) is 0 Å². The molecule has 1 fully saturated rings. The van der Waals surface area contributed by atoms with Gasteiger partial charge in [0.2, 0.25) is 0 Å². The molecule has 1 atom stereocenters. The summed E-state index contributed by atoms with van der Waals surface area (Å²) in [5.41, 5.74) is 2.34. The van der Waals surface area contributed by atoms with Crippen molar-refractivity contribution >= 4 is 17.4 Å². The van der Waals surface area contributed by atoms with Gasteiger partial charge >= 0.3 is 0 Å². The van der Waals surface area contributed by atoms with Crippen LogP contribution in [0.15, 0.2) is 54.1 Å². The van der Waals surface area contributed by atoms with Gasteiger partial charge < -0.3 is 19.5 Å². The van der Waals surface area contributed by atoms with Gasteiger partial charge in [-0.25, -0.2) is 0 Å². The smallest absolute Gasteiger partial charge is 0.295 e. The zero-order valence-corrected chi connectivity index (χ0v) is 17.6. The van der Waals surface area contributed by atoms with E-state index >= 15 is 0 Å². The van der Waals surface area contributed by atoms with E-state index < -0.39 is 17.7 Å². The monoisotopic (exact) mass is 409 g/mol. The summed E-state index contributed by atoms with van der Waals surface area (Å²) in [6.45, 7) is 5.19. The van der Waals surface area contributed by atoms with Gasteiger partial charge in [0, 0.05) is 25.8 Å². The van der Waals surface area contributed by atoms with E-state index in [0.29, 0.717) is 37.5 Å². The van der Waals surface area contributed by atoms with Crippen LogP contribution in [0, 0.1) is 6.92 Å². The molecule has 30 heavy (non-hydrogen) atoms. The third-order valence-electron chi connectivity index (χ3n) is 5.21. The third kappa shape index (κ3) is 4.24. The second-order valence-corrected chi connectivity index (χ2v) is 7.15. The standard InChI is InChI=1S/C24H27NO5/c1-4-30-18-12-10-17(11-13-18)22(26)20-21(19-9-6-5-8-16(19)2)25(14-7-15-29-3)24(28)23(20)27/h5-6,8-13,21,26H,4,7,14-15H2,1-3H3/b22-20-. The number of benzene rings is 2. The van der Waals surface area contributed by atoms with Crippen molar-refractivity contribution in [1.82, 2.24) is 4.90 Å². The number of methoxy groups -OCH3 is 1. The minimum absolute atomic E-state index is 0.107.